The second-order valence-corrected chi connectivity index (χ2v) is 7.13. The highest BCUT2D eigenvalue weighted by atomic mass is 79.9. The largest absolute Gasteiger partial charge is 0.334 e. The standard InChI is InChI=1S/C16H18BrNOS/c1-10-8-9-15(20-10)12(3)18(4)16(19)13-6-5-7-14(17)11(13)2/h5-9,12H,1-4H3. The summed E-state index contributed by atoms with van der Waals surface area (Å²) >= 11 is 5.22. The van der Waals surface area contributed by atoms with E-state index in [0.29, 0.717) is 0 Å². The predicted molar refractivity (Wildman–Crippen MR) is 88.4 cm³/mol. The number of carbonyl (C=O) groups excluding carboxylic acids is 1. The SMILES string of the molecule is Cc1ccc(C(C)N(C)C(=O)c2cccc(Br)c2C)s1. The van der Waals surface area contributed by atoms with Gasteiger partial charge in [-0.2, -0.15) is 0 Å². The zero-order chi connectivity index (χ0) is 14.9. The molecule has 0 aliphatic rings. The molecule has 0 bridgehead atoms. The summed E-state index contributed by atoms with van der Waals surface area (Å²) in [4.78, 5) is 16.9. The smallest absolute Gasteiger partial charge is 0.254 e. The number of nitrogens with zero attached hydrogens (tertiary/aromatic N) is 1. The van der Waals surface area contributed by atoms with Gasteiger partial charge in [-0.15, -0.1) is 11.3 Å². The Bertz CT molecular complexity index is 635. The van der Waals surface area contributed by atoms with Crippen LogP contribution in [0.1, 0.15) is 38.6 Å². The van der Waals surface area contributed by atoms with Crippen LogP contribution in [-0.4, -0.2) is 17.9 Å². The fraction of sp³-hybridized carbons (Fsp3) is 0.312. The minimum atomic E-state index is 0.0577. The fourth-order valence-corrected chi connectivity index (χ4v) is 3.41. The van der Waals surface area contributed by atoms with Crippen LogP contribution in [0.15, 0.2) is 34.8 Å². The molecule has 1 atom stereocenters. The molecule has 2 aromatic rings. The van der Waals surface area contributed by atoms with Gasteiger partial charge < -0.3 is 4.90 Å². The van der Waals surface area contributed by atoms with Gasteiger partial charge in [0.05, 0.1) is 6.04 Å². The summed E-state index contributed by atoms with van der Waals surface area (Å²) in [6, 6.07) is 10.0. The molecule has 0 aliphatic heterocycles. The highest BCUT2D eigenvalue weighted by Gasteiger charge is 2.21. The van der Waals surface area contributed by atoms with E-state index in [1.807, 2.05) is 32.2 Å². The first kappa shape index (κ1) is 15.3. The van der Waals surface area contributed by atoms with E-state index in [-0.39, 0.29) is 11.9 Å². The van der Waals surface area contributed by atoms with E-state index in [1.165, 1.54) is 9.75 Å². The zero-order valence-corrected chi connectivity index (χ0v) is 14.5. The normalized spacial score (nSPS) is 12.2. The Kier molecular flexibility index (Phi) is 4.66. The van der Waals surface area contributed by atoms with E-state index in [2.05, 4.69) is 41.9 Å². The van der Waals surface area contributed by atoms with Crippen molar-refractivity contribution in [3.8, 4) is 0 Å². The van der Waals surface area contributed by atoms with Crippen LogP contribution in [0, 0.1) is 13.8 Å². The summed E-state index contributed by atoms with van der Waals surface area (Å²) in [5.74, 6) is 0.0577. The first-order valence-electron chi connectivity index (χ1n) is 6.50. The molecular weight excluding hydrogens is 334 g/mol. The lowest BCUT2D eigenvalue weighted by Crippen LogP contribution is -2.29. The fourth-order valence-electron chi connectivity index (χ4n) is 2.07. The van der Waals surface area contributed by atoms with Crippen molar-refractivity contribution in [2.45, 2.75) is 26.8 Å². The molecule has 0 saturated carbocycles. The van der Waals surface area contributed by atoms with Crippen molar-refractivity contribution >= 4 is 33.2 Å². The number of rotatable bonds is 3. The van der Waals surface area contributed by atoms with Gasteiger partial charge in [-0.05, 0) is 50.6 Å². The maximum atomic E-state index is 12.6. The van der Waals surface area contributed by atoms with E-state index < -0.39 is 0 Å². The van der Waals surface area contributed by atoms with Gasteiger partial charge in [0.25, 0.3) is 5.91 Å². The molecule has 4 heteroatoms. The Morgan fingerprint density at radius 2 is 1.95 bits per heavy atom. The third-order valence-corrected chi connectivity index (χ3v) is 5.60. The second-order valence-electron chi connectivity index (χ2n) is 4.95. The summed E-state index contributed by atoms with van der Waals surface area (Å²) in [5.41, 5.74) is 1.74. The topological polar surface area (TPSA) is 20.3 Å². The predicted octanol–water partition coefficient (Wildman–Crippen LogP) is 4.96. The Labute approximate surface area is 132 Å². The van der Waals surface area contributed by atoms with Crippen LogP contribution in [0.4, 0.5) is 0 Å². The number of carbonyl (C=O) groups is 1. The van der Waals surface area contributed by atoms with E-state index in [9.17, 15) is 4.79 Å². The molecule has 1 amide bonds. The quantitative estimate of drug-likeness (QED) is 0.765. The van der Waals surface area contributed by atoms with E-state index in [1.54, 1.807) is 16.2 Å². The van der Waals surface area contributed by atoms with Gasteiger partial charge in [-0.3, -0.25) is 4.79 Å². The molecule has 2 nitrogen and oxygen atoms in total. The molecule has 0 spiro atoms. The monoisotopic (exact) mass is 351 g/mol. The lowest BCUT2D eigenvalue weighted by atomic mass is 10.1. The molecule has 0 aliphatic carbocycles. The van der Waals surface area contributed by atoms with Crippen LogP contribution in [-0.2, 0) is 0 Å². The van der Waals surface area contributed by atoms with Crippen LogP contribution in [0.2, 0.25) is 0 Å². The average Bonchev–Trinajstić information content (AvgIpc) is 2.86. The first-order chi connectivity index (χ1) is 9.41. The number of thiophene rings is 1. The molecule has 1 aromatic carbocycles. The Hall–Kier alpha value is -1.13. The lowest BCUT2D eigenvalue weighted by Gasteiger charge is -2.25. The number of aryl methyl sites for hydroxylation is 1. The van der Waals surface area contributed by atoms with Crippen molar-refractivity contribution < 1.29 is 4.79 Å². The molecule has 0 saturated heterocycles. The minimum absolute atomic E-state index is 0.0577. The minimum Gasteiger partial charge on any atom is -0.334 e. The van der Waals surface area contributed by atoms with E-state index in [4.69, 9.17) is 0 Å². The maximum absolute atomic E-state index is 12.6. The summed E-state index contributed by atoms with van der Waals surface area (Å²) in [5, 5.41) is 0. The number of amides is 1. The van der Waals surface area contributed by atoms with Crippen LogP contribution in [0.3, 0.4) is 0 Å². The molecule has 2 rings (SSSR count). The molecule has 1 unspecified atom stereocenters. The van der Waals surface area contributed by atoms with Crippen molar-refractivity contribution in [1.29, 1.82) is 0 Å². The van der Waals surface area contributed by atoms with Gasteiger partial charge in [0.1, 0.15) is 0 Å². The molecule has 0 N–H and O–H groups in total. The maximum Gasteiger partial charge on any atom is 0.254 e. The Balaban J connectivity index is 2.26. The molecule has 106 valence electrons. The lowest BCUT2D eigenvalue weighted by molar-refractivity contribution is 0.0744. The zero-order valence-electron chi connectivity index (χ0n) is 12.1. The molecule has 1 heterocycles. The number of benzene rings is 1. The number of halogens is 1. The summed E-state index contributed by atoms with van der Waals surface area (Å²) in [7, 11) is 1.86. The van der Waals surface area contributed by atoms with E-state index >= 15 is 0 Å². The molecule has 0 radical (unpaired) electrons. The van der Waals surface area contributed by atoms with Crippen molar-refractivity contribution in [3.63, 3.8) is 0 Å². The highest BCUT2D eigenvalue weighted by molar-refractivity contribution is 9.10. The van der Waals surface area contributed by atoms with Gasteiger partial charge in [-0.1, -0.05) is 22.0 Å². The molecule has 20 heavy (non-hydrogen) atoms. The Morgan fingerprint density at radius 1 is 1.25 bits per heavy atom. The van der Waals surface area contributed by atoms with Gasteiger partial charge in [0.15, 0.2) is 0 Å². The summed E-state index contributed by atoms with van der Waals surface area (Å²) < 4.78 is 0.969. The number of hydrogen-bond donors (Lipinski definition) is 0. The molecule has 0 fully saturated rings. The van der Waals surface area contributed by atoms with Crippen LogP contribution < -0.4 is 0 Å². The highest BCUT2D eigenvalue weighted by Crippen LogP contribution is 2.28. The first-order valence-corrected chi connectivity index (χ1v) is 8.11. The van der Waals surface area contributed by atoms with Crippen LogP contribution >= 0.6 is 27.3 Å². The summed E-state index contributed by atoms with van der Waals surface area (Å²) in [6.07, 6.45) is 0. The average molecular weight is 352 g/mol. The third-order valence-electron chi connectivity index (χ3n) is 3.57. The number of hydrogen-bond acceptors (Lipinski definition) is 2. The van der Waals surface area contributed by atoms with Crippen molar-refractivity contribution in [1.82, 2.24) is 4.90 Å². The second kappa shape index (κ2) is 6.10. The Morgan fingerprint density at radius 3 is 2.55 bits per heavy atom. The van der Waals surface area contributed by atoms with Crippen molar-refractivity contribution in [2.24, 2.45) is 0 Å². The van der Waals surface area contributed by atoms with Gasteiger partial charge in [0, 0.05) is 26.8 Å². The van der Waals surface area contributed by atoms with Crippen molar-refractivity contribution in [3.05, 3.63) is 55.7 Å². The van der Waals surface area contributed by atoms with E-state index in [0.717, 1.165) is 15.6 Å². The molecule has 1 aromatic heterocycles. The van der Waals surface area contributed by atoms with Crippen molar-refractivity contribution in [2.75, 3.05) is 7.05 Å². The van der Waals surface area contributed by atoms with Crippen LogP contribution in [0.5, 0.6) is 0 Å². The third kappa shape index (κ3) is 2.96. The van der Waals surface area contributed by atoms with Crippen LogP contribution in [0.25, 0.3) is 0 Å². The van der Waals surface area contributed by atoms with Gasteiger partial charge in [-0.25, -0.2) is 0 Å². The van der Waals surface area contributed by atoms with Gasteiger partial charge in [0.2, 0.25) is 0 Å². The van der Waals surface area contributed by atoms with Gasteiger partial charge >= 0.3 is 0 Å². The molecular formula is C16H18BrNOS. The summed E-state index contributed by atoms with van der Waals surface area (Å²) in [6.45, 7) is 6.11.